The van der Waals surface area contributed by atoms with Gasteiger partial charge in [0.05, 0.1) is 41.0 Å². The Labute approximate surface area is 619 Å². The minimum atomic E-state index is -3.73. The van der Waals surface area contributed by atoms with E-state index < -0.39 is 168 Å². The molecule has 16 fully saturated rings. The van der Waals surface area contributed by atoms with Crippen molar-refractivity contribution >= 4 is 125 Å². The molecular weight excluding hydrogens is 1410 g/mol. The Bertz CT molecular complexity index is 3450. The zero-order valence-electron chi connectivity index (χ0n) is 58.9. The molecule has 16 atom stereocenters. The third-order valence-electron chi connectivity index (χ3n) is 23.5. The predicted molar refractivity (Wildman–Crippen MR) is 379 cm³/mol. The number of hydrogen-bond acceptors (Lipinski definition) is 20. The molecule has 0 aromatic heterocycles. The molecule has 4 N–H and O–H groups in total. The third kappa shape index (κ3) is 18.8. The lowest BCUT2D eigenvalue weighted by atomic mass is 8.81. The number of carbonyl (C=O) groups excluding carboxylic acids is 9. The van der Waals surface area contributed by atoms with Crippen molar-refractivity contribution in [2.75, 3.05) is 47.7 Å². The van der Waals surface area contributed by atoms with Crippen LogP contribution in [0, 0.1) is 71.0 Å². The van der Waals surface area contributed by atoms with Crippen LogP contribution in [0.1, 0.15) is 150 Å². The maximum atomic E-state index is 13.4. The second kappa shape index (κ2) is 32.4. The number of fused-ring (bicyclic) bond motifs is 2. The fourth-order valence-corrected chi connectivity index (χ4v) is 24.5. The van der Waals surface area contributed by atoms with Crippen LogP contribution in [0.15, 0.2) is 60.7 Å². The van der Waals surface area contributed by atoms with E-state index in [1.54, 1.807) is 0 Å². The molecule has 4 saturated heterocycles. The number of benzene rings is 2. The minimum Gasteiger partial charge on any atom is -0.477 e. The van der Waals surface area contributed by atoms with Crippen molar-refractivity contribution in [3.63, 3.8) is 0 Å². The van der Waals surface area contributed by atoms with Crippen LogP contribution in [-0.2, 0) is 93.3 Å². The Morgan fingerprint density at radius 2 is 0.905 bits per heavy atom. The van der Waals surface area contributed by atoms with Crippen molar-refractivity contribution in [3.05, 3.63) is 71.8 Å². The van der Waals surface area contributed by atoms with E-state index >= 15 is 0 Å². The lowest BCUT2D eigenvalue weighted by molar-refractivity contribution is -0.223. The first kappa shape index (κ1) is 80.3. The SMILES string of the molecule is CC(F)(F)C(=O)O.CC(F)(F)C(=O)OC1C2CC3C1OC(=O)C3C2C(=O)OCC(=O)OC12CC3CC(CC(O)(C3)C1)C2.O=C(COC(=O)C1C2CC3C(OC(=O)C31)C2O)OC12CC3CC(CC(O)(C3)C1)C2.O=C(C[S+]1CCCC1)c1ccccc1.O=C(C[S+]1CCCC1)c1ccccc1.[B]B([B])B([B])[B]. The van der Waals surface area contributed by atoms with Crippen molar-refractivity contribution in [2.45, 2.75) is 188 Å². The standard InChI is InChI=1S/C24H28F2O9.C21H26O8.2C12H15OS.C3H4F2O2.B6/c1-22(25,26)21(30)34-18-12-3-13-16(20(29)33-17(13)18)15(12)19(28)32-8-14(27)35-24-6-10-2-11(7-24)5-23(31,4-10)9-24;22-13(29-21-5-9-1-10(6-21)4-20(26,3-9)8-21)7-27-18(24)14-11-2-12-15(14)19(25)28-17(12)16(11)23;2*13-12(10-14-8-4-5-9-14)11-6-2-1-3-7-11;1-3(4,5)2(6)7;1-5(2)6(3)4/h10-13,15-18,31H,2-9H2,1H3;9-12,14-17,23,26H,1-8H2;2*1-3,6-7H,4-5,8-10H2;1H3,(H,6,7);/q;;2*+1;;. The first-order chi connectivity index (χ1) is 49.4. The minimum absolute atomic E-state index is 0.139. The number of rotatable bonds is 18. The number of carboxylic acids is 1. The number of Topliss-reactive ketones (excluding diaryl/α,β-unsaturated/α-hetero) is 2. The second-order valence-corrected chi connectivity index (χ2v) is 36.5. The summed E-state index contributed by atoms with van der Waals surface area (Å²) in [5.74, 6) is -11.2. The molecular formula is C72H88B6F4O21S2+2. The highest BCUT2D eigenvalue weighted by Crippen LogP contribution is 2.62. The summed E-state index contributed by atoms with van der Waals surface area (Å²) in [6.07, 6.45) is 10.4. The van der Waals surface area contributed by atoms with Gasteiger partial charge in [-0.2, -0.15) is 17.6 Å². The number of ketones is 2. The molecule has 12 saturated carbocycles. The van der Waals surface area contributed by atoms with Crippen molar-refractivity contribution in [3.8, 4) is 0 Å². The molecule has 12 bridgehead atoms. The molecule has 4 heterocycles. The zero-order valence-corrected chi connectivity index (χ0v) is 60.6. The molecule has 0 amide bonds. The highest BCUT2D eigenvalue weighted by molar-refractivity contribution is 7.98. The zero-order chi connectivity index (χ0) is 75.9. The first-order valence-corrected chi connectivity index (χ1v) is 39.9. The molecule has 12 aliphatic carbocycles. The van der Waals surface area contributed by atoms with E-state index in [4.69, 9.17) is 69.2 Å². The van der Waals surface area contributed by atoms with E-state index in [-0.39, 0.29) is 11.8 Å². The van der Waals surface area contributed by atoms with E-state index in [2.05, 4.69) is 0 Å². The third-order valence-corrected chi connectivity index (χ3v) is 28.3. The van der Waals surface area contributed by atoms with Crippen LogP contribution in [0.5, 0.6) is 0 Å². The van der Waals surface area contributed by atoms with E-state index in [9.17, 15) is 80.8 Å². The maximum Gasteiger partial charge on any atom is 0.377 e. The van der Waals surface area contributed by atoms with Gasteiger partial charge in [-0.1, -0.05) is 60.7 Å². The van der Waals surface area contributed by atoms with Gasteiger partial charge in [0, 0.05) is 105 Å². The van der Waals surface area contributed by atoms with E-state index in [0.717, 1.165) is 74.0 Å². The Morgan fingerprint density at radius 1 is 0.543 bits per heavy atom. The predicted octanol–water partition coefficient (Wildman–Crippen LogP) is 4.86. The smallest absolute Gasteiger partial charge is 0.377 e. The van der Waals surface area contributed by atoms with Crippen molar-refractivity contribution < 1.29 is 119 Å². The summed E-state index contributed by atoms with van der Waals surface area (Å²) in [5.41, 5.74) is -1.18. The van der Waals surface area contributed by atoms with Gasteiger partial charge in [0.15, 0.2) is 24.7 Å². The highest BCUT2D eigenvalue weighted by Gasteiger charge is 2.72. The number of alkyl halides is 4. The molecule has 16 aliphatic rings. The van der Waals surface area contributed by atoms with Crippen molar-refractivity contribution in [1.82, 2.24) is 0 Å². The molecule has 8 radical (unpaired) electrons. The number of carboxylic acid groups (broad SMARTS) is 1. The van der Waals surface area contributed by atoms with Crippen LogP contribution in [0.4, 0.5) is 17.6 Å². The normalized spacial score (nSPS) is 35.9. The quantitative estimate of drug-likeness (QED) is 0.0387. The molecule has 16 unspecified atom stereocenters. The van der Waals surface area contributed by atoms with Gasteiger partial charge in [0.2, 0.25) is 11.6 Å². The molecule has 33 heteroatoms. The monoisotopic (exact) mass is 1490 g/mol. The van der Waals surface area contributed by atoms with Gasteiger partial charge >= 0.3 is 59.6 Å². The fourth-order valence-electron chi connectivity index (χ4n) is 20.0. The molecule has 18 rings (SSSR count). The molecule has 558 valence electrons. The number of aliphatic hydroxyl groups excluding tert-OH is 1. The number of halogens is 4. The van der Waals surface area contributed by atoms with Gasteiger partial charge in [-0.05, 0) is 148 Å². The van der Waals surface area contributed by atoms with Crippen LogP contribution in [0.3, 0.4) is 0 Å². The van der Waals surface area contributed by atoms with Crippen molar-refractivity contribution in [2.24, 2.45) is 71.0 Å². The average Bonchev–Trinajstić information content (AvgIpc) is 1.70. The summed E-state index contributed by atoms with van der Waals surface area (Å²) in [6, 6.07) is 19.3. The van der Waals surface area contributed by atoms with Crippen LogP contribution in [0.25, 0.3) is 0 Å². The molecule has 2 aromatic rings. The lowest BCUT2D eigenvalue weighted by Gasteiger charge is -2.59. The summed E-state index contributed by atoms with van der Waals surface area (Å²) < 4.78 is 86.7. The van der Waals surface area contributed by atoms with E-state index in [0.29, 0.717) is 109 Å². The van der Waals surface area contributed by atoms with Crippen LogP contribution >= 0.6 is 0 Å². The van der Waals surface area contributed by atoms with Crippen LogP contribution in [-0.4, -0.2) is 230 Å². The van der Waals surface area contributed by atoms with Crippen LogP contribution in [0.2, 0.25) is 0 Å². The summed E-state index contributed by atoms with van der Waals surface area (Å²) in [5, 5.41) is 39.4. The average molecular weight is 1490 g/mol. The van der Waals surface area contributed by atoms with Gasteiger partial charge < -0.3 is 53.6 Å². The van der Waals surface area contributed by atoms with E-state index in [1.165, 1.54) is 48.7 Å². The largest absolute Gasteiger partial charge is 0.477 e. The molecule has 21 nitrogen and oxygen atoms in total. The summed E-state index contributed by atoms with van der Waals surface area (Å²) >= 11 is 0. The Hall–Kier alpha value is -5.77. The van der Waals surface area contributed by atoms with E-state index in [1.807, 2.05) is 60.7 Å². The number of hydrogen-bond donors (Lipinski definition) is 4. The van der Waals surface area contributed by atoms with Crippen molar-refractivity contribution in [1.29, 1.82) is 0 Å². The maximum absolute atomic E-state index is 13.4. The van der Waals surface area contributed by atoms with Gasteiger partial charge in [-0.25, -0.2) is 19.2 Å². The molecule has 0 spiro atoms. The molecule has 105 heavy (non-hydrogen) atoms. The summed E-state index contributed by atoms with van der Waals surface area (Å²) in [6.45, 7) is -0.435. The Morgan fingerprint density at radius 3 is 1.27 bits per heavy atom. The number of ether oxygens (including phenoxy) is 7. The first-order valence-electron chi connectivity index (χ1n) is 36.4. The molecule has 4 aliphatic heterocycles. The number of carbonyl (C=O) groups is 10. The number of aliphatic hydroxyl groups is 3. The second-order valence-electron chi connectivity index (χ2n) is 31.9. The lowest BCUT2D eigenvalue weighted by Crippen LogP contribution is -2.60. The van der Waals surface area contributed by atoms with Crippen LogP contribution < -0.4 is 0 Å². The fraction of sp³-hybridized carbons (Fsp3) is 0.694. The summed E-state index contributed by atoms with van der Waals surface area (Å²) in [4.78, 5) is 120. The Kier molecular flexibility index (Phi) is 24.8. The van der Waals surface area contributed by atoms with Gasteiger partial charge in [-0.3, -0.25) is 28.8 Å². The van der Waals surface area contributed by atoms with Gasteiger partial charge in [-0.15, -0.1) is 0 Å². The van der Waals surface area contributed by atoms with Gasteiger partial charge in [0.25, 0.3) is 0 Å². The number of aliphatic carboxylic acids is 1. The topological polar surface area (TPSA) is 316 Å². The number of esters is 7. The van der Waals surface area contributed by atoms with Gasteiger partial charge in [0.1, 0.15) is 52.5 Å². The summed E-state index contributed by atoms with van der Waals surface area (Å²) in [7, 11) is 20.6. The highest BCUT2D eigenvalue weighted by atomic mass is 32.2. The Balaban J connectivity index is 0.000000140. The molecule has 2 aromatic carbocycles.